The monoisotopic (exact) mass is 450 g/mol. The summed E-state index contributed by atoms with van der Waals surface area (Å²) in [5.41, 5.74) is 2.30. The molecule has 3 aromatic rings. The van der Waals surface area contributed by atoms with Crippen molar-refractivity contribution in [2.45, 2.75) is 11.4 Å². The molecule has 0 unspecified atom stereocenters. The van der Waals surface area contributed by atoms with Gasteiger partial charge in [-0.25, -0.2) is 13.2 Å². The van der Waals surface area contributed by atoms with E-state index < -0.39 is 16.1 Å². The second-order valence-corrected chi connectivity index (χ2v) is 8.85. The van der Waals surface area contributed by atoms with Gasteiger partial charge in [-0.15, -0.1) is 0 Å². The van der Waals surface area contributed by atoms with Crippen molar-refractivity contribution in [1.29, 1.82) is 0 Å². The van der Waals surface area contributed by atoms with Crippen molar-refractivity contribution in [3.8, 4) is 11.5 Å². The lowest BCUT2D eigenvalue weighted by Crippen LogP contribution is -2.50. The highest BCUT2D eigenvalue weighted by Crippen LogP contribution is 2.40. The molecule has 0 spiro atoms. The Morgan fingerprint density at radius 1 is 0.938 bits per heavy atom. The van der Waals surface area contributed by atoms with Crippen LogP contribution in [0, 0.1) is 0 Å². The molecule has 0 radical (unpaired) electrons. The van der Waals surface area contributed by atoms with Gasteiger partial charge in [0, 0.05) is 6.07 Å². The molecule has 2 amide bonds. The second-order valence-electron chi connectivity index (χ2n) is 7.09. The normalized spacial score (nSPS) is 14.6. The number of ether oxygens (including phenoxy) is 2. The zero-order valence-corrected chi connectivity index (χ0v) is 18.5. The van der Waals surface area contributed by atoms with E-state index in [4.69, 9.17) is 9.47 Å². The minimum absolute atomic E-state index is 0.0529. The Kier molecular flexibility index (Phi) is 5.63. The van der Waals surface area contributed by atoms with Gasteiger partial charge < -0.3 is 9.47 Å². The van der Waals surface area contributed by atoms with Crippen LogP contribution in [0.5, 0.6) is 11.5 Å². The van der Waals surface area contributed by atoms with Crippen molar-refractivity contribution in [1.82, 2.24) is 0 Å². The summed E-state index contributed by atoms with van der Waals surface area (Å²) in [5.74, 6) is 0.746. The molecule has 0 bridgehead atoms. The molecule has 32 heavy (non-hydrogen) atoms. The summed E-state index contributed by atoms with van der Waals surface area (Å²) >= 11 is 0. The minimum atomic E-state index is -4.13. The number of nitrogens with zero attached hydrogens (tertiary/aromatic N) is 2. The van der Waals surface area contributed by atoms with Crippen LogP contribution in [0.1, 0.15) is 11.1 Å². The maximum atomic E-state index is 13.6. The predicted molar refractivity (Wildman–Crippen MR) is 124 cm³/mol. The highest BCUT2D eigenvalue weighted by Gasteiger charge is 2.42. The number of anilines is 2. The highest BCUT2D eigenvalue weighted by atomic mass is 32.2. The van der Waals surface area contributed by atoms with Crippen LogP contribution in [-0.2, 0) is 16.6 Å². The van der Waals surface area contributed by atoms with E-state index in [2.05, 4.69) is 6.58 Å². The number of sulfonamides is 1. The van der Waals surface area contributed by atoms with Gasteiger partial charge in [0.15, 0.2) is 11.5 Å². The van der Waals surface area contributed by atoms with Crippen LogP contribution >= 0.6 is 0 Å². The highest BCUT2D eigenvalue weighted by molar-refractivity contribution is 7.94. The maximum Gasteiger partial charge on any atom is 0.343 e. The number of carbonyl (C=O) groups is 1. The number of benzene rings is 3. The molecule has 7 nitrogen and oxygen atoms in total. The lowest BCUT2D eigenvalue weighted by Gasteiger charge is -2.36. The van der Waals surface area contributed by atoms with E-state index in [1.165, 1.54) is 37.3 Å². The van der Waals surface area contributed by atoms with E-state index in [0.29, 0.717) is 17.2 Å². The summed E-state index contributed by atoms with van der Waals surface area (Å²) in [5, 5.41) is 0. The molecule has 0 atom stereocenters. The molecule has 0 aromatic heterocycles. The summed E-state index contributed by atoms with van der Waals surface area (Å²) < 4.78 is 38.2. The molecule has 1 aliphatic rings. The quantitative estimate of drug-likeness (QED) is 0.545. The standard InChI is InChI=1S/C24H22N2O5S/c1-4-17-9-11-18(12-10-17)16-25-20-7-5-6-8-23(20)32(28,29)26(24(25)27)19-13-14-21(30-2)22(15-19)31-3/h4-15H,1,16H2,2-3H3. The van der Waals surface area contributed by atoms with Crippen molar-refractivity contribution in [3.05, 3.63) is 84.4 Å². The van der Waals surface area contributed by atoms with Crippen molar-refractivity contribution in [2.75, 3.05) is 23.4 Å². The lowest BCUT2D eigenvalue weighted by atomic mass is 10.1. The van der Waals surface area contributed by atoms with E-state index in [0.717, 1.165) is 15.4 Å². The average molecular weight is 451 g/mol. The molecule has 0 saturated carbocycles. The first-order valence-electron chi connectivity index (χ1n) is 9.80. The van der Waals surface area contributed by atoms with Crippen LogP contribution < -0.4 is 18.7 Å². The molecular formula is C24H22N2O5S. The molecule has 4 rings (SSSR count). The molecule has 1 heterocycles. The number of carbonyl (C=O) groups excluding carboxylic acids is 1. The second kappa shape index (κ2) is 8.39. The molecular weight excluding hydrogens is 428 g/mol. The molecule has 164 valence electrons. The van der Waals surface area contributed by atoms with Gasteiger partial charge in [-0.1, -0.05) is 49.1 Å². The number of amides is 2. The van der Waals surface area contributed by atoms with Gasteiger partial charge in [0.1, 0.15) is 4.90 Å². The van der Waals surface area contributed by atoms with Crippen LogP contribution in [0.25, 0.3) is 6.08 Å². The maximum absolute atomic E-state index is 13.6. The first kappa shape index (κ1) is 21.5. The fraction of sp³-hybridized carbons (Fsp3) is 0.125. The lowest BCUT2D eigenvalue weighted by molar-refractivity contribution is 0.253. The van der Waals surface area contributed by atoms with Gasteiger partial charge in [-0.2, -0.15) is 4.31 Å². The molecule has 8 heteroatoms. The van der Waals surface area contributed by atoms with Crippen LogP contribution in [0.3, 0.4) is 0 Å². The number of para-hydroxylation sites is 1. The van der Waals surface area contributed by atoms with E-state index >= 15 is 0 Å². The molecule has 0 aliphatic carbocycles. The number of hydrogen-bond acceptors (Lipinski definition) is 5. The third kappa shape index (κ3) is 3.58. The Hall–Kier alpha value is -3.78. The third-order valence-electron chi connectivity index (χ3n) is 5.24. The largest absolute Gasteiger partial charge is 0.493 e. The smallest absolute Gasteiger partial charge is 0.343 e. The van der Waals surface area contributed by atoms with Gasteiger partial charge in [0.05, 0.1) is 32.1 Å². The molecule has 0 saturated heterocycles. The van der Waals surface area contributed by atoms with Gasteiger partial charge in [-0.05, 0) is 35.4 Å². The number of hydrogen-bond donors (Lipinski definition) is 0. The van der Waals surface area contributed by atoms with Crippen molar-refractivity contribution in [2.24, 2.45) is 0 Å². The summed E-state index contributed by atoms with van der Waals surface area (Å²) in [7, 11) is -1.20. The number of methoxy groups -OCH3 is 2. The number of fused-ring (bicyclic) bond motifs is 1. The van der Waals surface area contributed by atoms with E-state index in [1.54, 1.807) is 30.3 Å². The summed E-state index contributed by atoms with van der Waals surface area (Å²) in [6.45, 7) is 3.95. The molecule has 3 aromatic carbocycles. The fourth-order valence-electron chi connectivity index (χ4n) is 3.61. The van der Waals surface area contributed by atoms with E-state index in [-0.39, 0.29) is 17.1 Å². The number of urea groups is 1. The summed E-state index contributed by atoms with van der Waals surface area (Å²) in [6.07, 6.45) is 1.73. The van der Waals surface area contributed by atoms with Crippen molar-refractivity contribution < 1.29 is 22.7 Å². The van der Waals surface area contributed by atoms with Crippen molar-refractivity contribution in [3.63, 3.8) is 0 Å². The zero-order valence-electron chi connectivity index (χ0n) is 17.7. The van der Waals surface area contributed by atoms with Gasteiger partial charge in [0.2, 0.25) is 0 Å². The van der Waals surface area contributed by atoms with Crippen LogP contribution in [0.15, 0.2) is 78.2 Å². The van der Waals surface area contributed by atoms with E-state index in [1.807, 2.05) is 24.3 Å². The summed E-state index contributed by atoms with van der Waals surface area (Å²) in [4.78, 5) is 15.1. The Balaban J connectivity index is 1.83. The Bertz CT molecular complexity index is 1290. The fourth-order valence-corrected chi connectivity index (χ4v) is 5.19. The predicted octanol–water partition coefficient (Wildman–Crippen LogP) is 4.68. The first-order chi connectivity index (χ1) is 15.4. The Morgan fingerprint density at radius 3 is 2.28 bits per heavy atom. The minimum Gasteiger partial charge on any atom is -0.493 e. The Morgan fingerprint density at radius 2 is 1.62 bits per heavy atom. The molecule has 0 fully saturated rings. The topological polar surface area (TPSA) is 76.2 Å². The third-order valence-corrected chi connectivity index (χ3v) is 6.99. The van der Waals surface area contributed by atoms with Crippen LogP contribution in [-0.4, -0.2) is 28.7 Å². The van der Waals surface area contributed by atoms with Crippen molar-refractivity contribution >= 4 is 33.5 Å². The van der Waals surface area contributed by atoms with Crippen LogP contribution in [0.4, 0.5) is 16.2 Å². The van der Waals surface area contributed by atoms with Gasteiger partial charge in [0.25, 0.3) is 10.0 Å². The molecule has 0 N–H and O–H groups in total. The average Bonchev–Trinajstić information content (AvgIpc) is 2.82. The number of rotatable bonds is 6. The van der Waals surface area contributed by atoms with Crippen LogP contribution in [0.2, 0.25) is 0 Å². The summed E-state index contributed by atoms with van der Waals surface area (Å²) in [6, 6.07) is 17.9. The van der Waals surface area contributed by atoms with Gasteiger partial charge >= 0.3 is 6.03 Å². The first-order valence-corrected chi connectivity index (χ1v) is 11.2. The van der Waals surface area contributed by atoms with Gasteiger partial charge in [-0.3, -0.25) is 4.90 Å². The van der Waals surface area contributed by atoms with E-state index in [9.17, 15) is 13.2 Å². The molecule has 1 aliphatic heterocycles. The Labute approximate surface area is 187 Å². The SMILES string of the molecule is C=Cc1ccc(CN2C(=O)N(c3ccc(OC)c(OC)c3)S(=O)(=O)c3ccccc32)cc1. The zero-order chi connectivity index (χ0) is 22.9.